The molecule has 0 bridgehead atoms. The molecule has 0 heterocycles. The van der Waals surface area contributed by atoms with Crippen molar-refractivity contribution in [2.75, 3.05) is 17.3 Å². The lowest BCUT2D eigenvalue weighted by Crippen LogP contribution is -2.53. The zero-order valence-electron chi connectivity index (χ0n) is 23.3. The fraction of sp³-hybridized carbons (Fsp3) is 0.483. The second-order valence-corrected chi connectivity index (χ2v) is 12.3. The lowest BCUT2D eigenvalue weighted by Gasteiger charge is -2.35. The predicted octanol–water partition coefficient (Wildman–Crippen LogP) is 5.92. The molecule has 0 saturated heterocycles. The molecule has 39 heavy (non-hydrogen) atoms. The van der Waals surface area contributed by atoms with Gasteiger partial charge in [0.25, 0.3) is 5.91 Å². The van der Waals surface area contributed by atoms with Gasteiger partial charge in [0.15, 0.2) is 0 Å². The molecule has 1 aliphatic carbocycles. The van der Waals surface area contributed by atoms with Gasteiger partial charge in [-0.3, -0.25) is 9.59 Å². The maximum absolute atomic E-state index is 14.2. The van der Waals surface area contributed by atoms with Gasteiger partial charge >= 0.3 is 6.09 Å². The number of phenolic OH excluding ortho intramolecular Hbond substituents is 1. The van der Waals surface area contributed by atoms with Crippen LogP contribution < -0.4 is 10.6 Å². The molecule has 2 aromatic rings. The molecule has 212 valence electrons. The number of para-hydroxylation sites is 1. The number of nitrogens with one attached hydrogen (secondary N) is 2. The van der Waals surface area contributed by atoms with E-state index in [2.05, 4.69) is 10.6 Å². The number of nitrogens with zero attached hydrogens (tertiary/aromatic N) is 1. The van der Waals surface area contributed by atoms with Crippen LogP contribution in [-0.4, -0.2) is 57.6 Å². The Hall–Kier alpha value is -2.91. The van der Waals surface area contributed by atoms with Gasteiger partial charge in [-0.25, -0.2) is 4.79 Å². The van der Waals surface area contributed by atoms with E-state index in [1.165, 1.54) is 12.1 Å². The number of halogens is 1. The number of carbonyl (C=O) groups excluding carboxylic acids is 3. The fourth-order valence-corrected chi connectivity index (χ4v) is 5.15. The summed E-state index contributed by atoms with van der Waals surface area (Å²) >= 11 is 7.96. The standard InChI is InChI=1S/C29H38ClN3O5S/c1-17-9-7-12-21(30)24(17)32-26(35)25(19-10-8-11-20(34)16-19)33(23-15-18(23)2)27(36)22(13-14-39-6)31-28(37)38-29(3,4)5/h7-12,16,18,22-23,25,34H,13-15H2,1-6H3,(H,31,37)(H,32,35). The fourth-order valence-electron chi connectivity index (χ4n) is 4.41. The van der Waals surface area contributed by atoms with Crippen molar-refractivity contribution in [3.05, 3.63) is 58.6 Å². The summed E-state index contributed by atoms with van der Waals surface area (Å²) in [6.45, 7) is 9.10. The first-order chi connectivity index (χ1) is 18.3. The number of rotatable bonds is 10. The quantitative estimate of drug-likeness (QED) is 0.325. The Morgan fingerprint density at radius 3 is 2.44 bits per heavy atom. The van der Waals surface area contributed by atoms with E-state index in [1.54, 1.807) is 61.7 Å². The minimum atomic E-state index is -1.08. The summed E-state index contributed by atoms with van der Waals surface area (Å²) in [6.07, 6.45) is 2.29. The number of benzene rings is 2. The van der Waals surface area contributed by atoms with Crippen molar-refractivity contribution in [1.82, 2.24) is 10.2 Å². The van der Waals surface area contributed by atoms with E-state index in [0.29, 0.717) is 34.9 Å². The van der Waals surface area contributed by atoms with E-state index >= 15 is 0 Å². The topological polar surface area (TPSA) is 108 Å². The average Bonchev–Trinajstić information content (AvgIpc) is 3.56. The molecule has 4 atom stereocenters. The number of aromatic hydroxyl groups is 1. The minimum Gasteiger partial charge on any atom is -0.508 e. The Morgan fingerprint density at radius 2 is 1.87 bits per heavy atom. The van der Waals surface area contributed by atoms with Crippen molar-refractivity contribution in [2.24, 2.45) is 5.92 Å². The van der Waals surface area contributed by atoms with Crippen LogP contribution in [0.3, 0.4) is 0 Å². The molecule has 0 radical (unpaired) electrons. The van der Waals surface area contributed by atoms with Crippen molar-refractivity contribution in [3.63, 3.8) is 0 Å². The highest BCUT2D eigenvalue weighted by atomic mass is 35.5. The van der Waals surface area contributed by atoms with Crippen LogP contribution in [0.1, 0.15) is 57.7 Å². The molecule has 4 unspecified atom stereocenters. The zero-order chi connectivity index (χ0) is 28.9. The molecular formula is C29H38ClN3O5S. The van der Waals surface area contributed by atoms with E-state index in [0.717, 1.165) is 5.56 Å². The summed E-state index contributed by atoms with van der Waals surface area (Å²) in [5.41, 5.74) is 0.938. The maximum Gasteiger partial charge on any atom is 0.408 e. The first kappa shape index (κ1) is 30.6. The first-order valence-corrected chi connectivity index (χ1v) is 14.7. The summed E-state index contributed by atoms with van der Waals surface area (Å²) in [7, 11) is 0. The van der Waals surface area contributed by atoms with Crippen LogP contribution in [0.25, 0.3) is 0 Å². The van der Waals surface area contributed by atoms with Gasteiger partial charge in [0.1, 0.15) is 23.4 Å². The van der Waals surface area contributed by atoms with Gasteiger partial charge in [-0.15, -0.1) is 0 Å². The monoisotopic (exact) mass is 575 g/mol. The molecule has 3 N–H and O–H groups in total. The number of hydrogen-bond acceptors (Lipinski definition) is 6. The molecule has 0 aromatic heterocycles. The van der Waals surface area contributed by atoms with E-state index in [9.17, 15) is 19.5 Å². The van der Waals surface area contributed by atoms with Crippen molar-refractivity contribution in [3.8, 4) is 5.75 Å². The van der Waals surface area contributed by atoms with Crippen molar-refractivity contribution < 1.29 is 24.2 Å². The van der Waals surface area contributed by atoms with E-state index in [4.69, 9.17) is 16.3 Å². The summed E-state index contributed by atoms with van der Waals surface area (Å²) in [5.74, 6) is -0.108. The summed E-state index contributed by atoms with van der Waals surface area (Å²) < 4.78 is 5.43. The average molecular weight is 576 g/mol. The highest BCUT2D eigenvalue weighted by Crippen LogP contribution is 2.42. The second kappa shape index (κ2) is 13.0. The third-order valence-corrected chi connectivity index (χ3v) is 7.42. The van der Waals surface area contributed by atoms with Gasteiger partial charge < -0.3 is 25.4 Å². The molecule has 3 rings (SSSR count). The third kappa shape index (κ3) is 8.29. The van der Waals surface area contributed by atoms with Gasteiger partial charge in [-0.1, -0.05) is 42.8 Å². The summed E-state index contributed by atoms with van der Waals surface area (Å²) in [4.78, 5) is 42.5. The third-order valence-electron chi connectivity index (χ3n) is 6.46. The number of alkyl carbamates (subject to hydrolysis) is 1. The highest BCUT2D eigenvalue weighted by Gasteiger charge is 2.48. The van der Waals surface area contributed by atoms with E-state index in [-0.39, 0.29) is 23.6 Å². The Morgan fingerprint density at radius 1 is 1.21 bits per heavy atom. The Balaban J connectivity index is 2.04. The minimum absolute atomic E-state index is 0.0266. The molecule has 8 nitrogen and oxygen atoms in total. The van der Waals surface area contributed by atoms with E-state index in [1.807, 2.05) is 26.2 Å². The van der Waals surface area contributed by atoms with Gasteiger partial charge in [0.05, 0.1) is 10.7 Å². The van der Waals surface area contributed by atoms with Gasteiger partial charge in [-0.2, -0.15) is 11.8 Å². The Labute approximate surface area is 239 Å². The molecule has 3 amide bonds. The summed E-state index contributed by atoms with van der Waals surface area (Å²) in [6, 6.07) is 9.43. The van der Waals surface area contributed by atoms with Crippen molar-refractivity contribution in [1.29, 1.82) is 0 Å². The highest BCUT2D eigenvalue weighted by molar-refractivity contribution is 7.98. The molecule has 0 aliphatic heterocycles. The normalized spacial score (nSPS) is 18.0. The summed E-state index contributed by atoms with van der Waals surface area (Å²) in [5, 5.41) is 16.3. The largest absolute Gasteiger partial charge is 0.508 e. The van der Waals surface area contributed by atoms with Gasteiger partial charge in [0.2, 0.25) is 5.91 Å². The molecule has 1 aliphatic rings. The van der Waals surface area contributed by atoms with Crippen LogP contribution in [-0.2, 0) is 14.3 Å². The number of anilines is 1. The molecule has 2 aromatic carbocycles. The van der Waals surface area contributed by atoms with Gasteiger partial charge in [-0.05, 0) is 87.8 Å². The number of thioether (sulfide) groups is 1. The maximum atomic E-state index is 14.2. The number of phenols is 1. The molecule has 0 spiro atoms. The molecule has 1 saturated carbocycles. The Kier molecular flexibility index (Phi) is 10.2. The van der Waals surface area contributed by atoms with Crippen LogP contribution in [0.5, 0.6) is 5.75 Å². The van der Waals surface area contributed by atoms with E-state index < -0.39 is 29.7 Å². The predicted molar refractivity (Wildman–Crippen MR) is 156 cm³/mol. The number of hydrogen-bond donors (Lipinski definition) is 3. The SMILES string of the molecule is CSCCC(NC(=O)OC(C)(C)C)C(=O)N(C(C(=O)Nc1c(C)cccc1Cl)c1cccc(O)c1)C1CC1C. The van der Waals surface area contributed by atoms with Crippen LogP contribution >= 0.6 is 23.4 Å². The molecule has 10 heteroatoms. The second-order valence-electron chi connectivity index (χ2n) is 10.9. The lowest BCUT2D eigenvalue weighted by molar-refractivity contribution is -0.141. The number of ether oxygens (including phenoxy) is 1. The van der Waals surface area contributed by atoms with Crippen LogP contribution in [0.15, 0.2) is 42.5 Å². The molecule has 1 fully saturated rings. The molecular weight excluding hydrogens is 538 g/mol. The van der Waals surface area contributed by atoms with Crippen LogP contribution in [0.4, 0.5) is 10.5 Å². The lowest BCUT2D eigenvalue weighted by atomic mass is 10.0. The number of amides is 3. The van der Waals surface area contributed by atoms with Crippen molar-refractivity contribution in [2.45, 2.75) is 71.2 Å². The van der Waals surface area contributed by atoms with Crippen molar-refractivity contribution >= 4 is 47.0 Å². The first-order valence-electron chi connectivity index (χ1n) is 13.0. The zero-order valence-corrected chi connectivity index (χ0v) is 24.9. The smallest absolute Gasteiger partial charge is 0.408 e. The Bertz CT molecular complexity index is 1180. The van der Waals surface area contributed by atoms with Gasteiger partial charge in [0, 0.05) is 6.04 Å². The van der Waals surface area contributed by atoms with Crippen LogP contribution in [0.2, 0.25) is 5.02 Å². The van der Waals surface area contributed by atoms with Crippen LogP contribution in [0, 0.1) is 12.8 Å². The number of aryl methyl sites for hydroxylation is 1. The number of carbonyl (C=O) groups is 3.